The Morgan fingerprint density at radius 1 is 1.33 bits per heavy atom. The van der Waals surface area contributed by atoms with Crippen LogP contribution < -0.4 is 5.32 Å². The number of thiophene rings is 1. The van der Waals surface area contributed by atoms with Gasteiger partial charge in [-0.15, -0.1) is 11.3 Å². The lowest BCUT2D eigenvalue weighted by Gasteiger charge is -2.21. The summed E-state index contributed by atoms with van der Waals surface area (Å²) >= 11 is 1.96. The smallest absolute Gasteiger partial charge is 0.0304 e. The second kappa shape index (κ2) is 7.26. The summed E-state index contributed by atoms with van der Waals surface area (Å²) in [5.41, 5.74) is 1.74. The summed E-state index contributed by atoms with van der Waals surface area (Å²) in [4.78, 5) is 5.69. The second-order valence-corrected chi connectivity index (χ2v) is 8.79. The molecule has 2 rings (SSSR count). The zero-order valence-corrected chi connectivity index (χ0v) is 15.3. The average molecular weight is 309 g/mol. The van der Waals surface area contributed by atoms with Crippen molar-refractivity contribution >= 4 is 11.3 Å². The molecule has 1 heterocycles. The lowest BCUT2D eigenvalue weighted by Crippen LogP contribution is -2.34. The molecular weight excluding hydrogens is 276 g/mol. The monoisotopic (exact) mass is 308 g/mol. The average Bonchev–Trinajstić information content (AvgIpc) is 3.17. The van der Waals surface area contributed by atoms with E-state index in [1.165, 1.54) is 42.0 Å². The van der Waals surface area contributed by atoms with E-state index < -0.39 is 0 Å². The highest BCUT2D eigenvalue weighted by atomic mass is 32.1. The van der Waals surface area contributed by atoms with Gasteiger partial charge in [-0.3, -0.25) is 4.90 Å². The maximum absolute atomic E-state index is 3.60. The standard InChI is InChI=1S/C18H32N2S/c1-6-7-10-20(16-8-9-16)13-15-11-17(21-14(15)2)12-19-18(3,4)5/h11,16,19H,6-10,12-13H2,1-5H3. The molecule has 0 bridgehead atoms. The van der Waals surface area contributed by atoms with Crippen LogP contribution in [0.5, 0.6) is 0 Å². The van der Waals surface area contributed by atoms with E-state index in [1.54, 1.807) is 5.56 Å². The van der Waals surface area contributed by atoms with Crippen molar-refractivity contribution in [3.63, 3.8) is 0 Å². The van der Waals surface area contributed by atoms with Crippen molar-refractivity contribution in [2.24, 2.45) is 0 Å². The Morgan fingerprint density at radius 3 is 2.62 bits per heavy atom. The molecule has 0 spiro atoms. The van der Waals surface area contributed by atoms with Crippen LogP contribution in [-0.2, 0) is 13.1 Å². The van der Waals surface area contributed by atoms with Crippen molar-refractivity contribution in [2.45, 2.75) is 85.0 Å². The third kappa shape index (κ3) is 5.72. The SMILES string of the molecule is CCCCN(Cc1cc(CNC(C)(C)C)sc1C)C1CC1. The number of hydrogen-bond donors (Lipinski definition) is 1. The molecule has 120 valence electrons. The molecule has 1 aromatic heterocycles. The van der Waals surface area contributed by atoms with Crippen LogP contribution in [-0.4, -0.2) is 23.0 Å². The maximum atomic E-state index is 3.60. The number of nitrogens with zero attached hydrogens (tertiary/aromatic N) is 1. The zero-order chi connectivity index (χ0) is 15.5. The summed E-state index contributed by atoms with van der Waals surface area (Å²) < 4.78 is 0. The molecule has 0 saturated heterocycles. The Kier molecular flexibility index (Phi) is 5.87. The van der Waals surface area contributed by atoms with Gasteiger partial charge in [-0.2, -0.15) is 0 Å². The van der Waals surface area contributed by atoms with E-state index in [9.17, 15) is 0 Å². The molecule has 1 aliphatic carbocycles. The predicted octanol–water partition coefficient (Wildman–Crippen LogP) is 4.71. The molecule has 1 saturated carbocycles. The van der Waals surface area contributed by atoms with Crippen LogP contribution in [0.1, 0.15) is 68.7 Å². The molecular formula is C18H32N2S. The Labute approximate surface area is 134 Å². The normalized spacial score (nSPS) is 15.9. The minimum Gasteiger partial charge on any atom is -0.307 e. The molecule has 1 aliphatic rings. The fourth-order valence-electron chi connectivity index (χ4n) is 2.59. The van der Waals surface area contributed by atoms with Crippen LogP contribution in [0.2, 0.25) is 0 Å². The topological polar surface area (TPSA) is 15.3 Å². The van der Waals surface area contributed by atoms with Crippen molar-refractivity contribution in [2.75, 3.05) is 6.54 Å². The highest BCUT2D eigenvalue weighted by molar-refractivity contribution is 7.12. The first-order valence-electron chi connectivity index (χ1n) is 8.46. The Hall–Kier alpha value is -0.380. The predicted molar refractivity (Wildman–Crippen MR) is 94.0 cm³/mol. The van der Waals surface area contributed by atoms with Gasteiger partial charge in [-0.1, -0.05) is 13.3 Å². The van der Waals surface area contributed by atoms with Gasteiger partial charge < -0.3 is 5.32 Å². The third-order valence-corrected chi connectivity index (χ3v) is 5.19. The summed E-state index contributed by atoms with van der Waals surface area (Å²) in [5.74, 6) is 0. The van der Waals surface area contributed by atoms with Gasteiger partial charge in [0.05, 0.1) is 0 Å². The molecule has 0 radical (unpaired) electrons. The van der Waals surface area contributed by atoms with E-state index in [2.05, 4.69) is 50.9 Å². The van der Waals surface area contributed by atoms with Crippen molar-refractivity contribution in [3.8, 4) is 0 Å². The van der Waals surface area contributed by atoms with E-state index in [1.807, 2.05) is 11.3 Å². The van der Waals surface area contributed by atoms with Crippen LogP contribution in [0.3, 0.4) is 0 Å². The van der Waals surface area contributed by atoms with Crippen LogP contribution >= 0.6 is 11.3 Å². The minimum absolute atomic E-state index is 0.194. The molecule has 0 aromatic carbocycles. The van der Waals surface area contributed by atoms with Crippen molar-refractivity contribution in [3.05, 3.63) is 21.4 Å². The quantitative estimate of drug-likeness (QED) is 0.748. The first-order valence-corrected chi connectivity index (χ1v) is 9.28. The molecule has 3 heteroatoms. The van der Waals surface area contributed by atoms with Crippen LogP contribution in [0.15, 0.2) is 6.07 Å². The molecule has 0 amide bonds. The number of rotatable bonds is 8. The number of nitrogens with one attached hydrogen (secondary N) is 1. The Balaban J connectivity index is 1.94. The van der Waals surface area contributed by atoms with Gasteiger partial charge in [-0.05, 0) is 65.1 Å². The van der Waals surface area contributed by atoms with Gasteiger partial charge in [0.2, 0.25) is 0 Å². The van der Waals surface area contributed by atoms with Crippen molar-refractivity contribution < 1.29 is 0 Å². The Bertz CT molecular complexity index is 441. The van der Waals surface area contributed by atoms with Crippen molar-refractivity contribution in [1.29, 1.82) is 0 Å². The molecule has 1 aromatic rings. The van der Waals surface area contributed by atoms with Gasteiger partial charge in [0.15, 0.2) is 0 Å². The lowest BCUT2D eigenvalue weighted by molar-refractivity contribution is 0.250. The van der Waals surface area contributed by atoms with Crippen molar-refractivity contribution in [1.82, 2.24) is 10.2 Å². The summed E-state index contributed by atoms with van der Waals surface area (Å²) in [6, 6.07) is 3.30. The second-order valence-electron chi connectivity index (χ2n) is 7.45. The molecule has 2 nitrogen and oxygen atoms in total. The number of hydrogen-bond acceptors (Lipinski definition) is 3. The minimum atomic E-state index is 0.194. The largest absolute Gasteiger partial charge is 0.307 e. The van der Waals surface area contributed by atoms with Gasteiger partial charge in [0.25, 0.3) is 0 Å². The molecule has 0 unspecified atom stereocenters. The summed E-state index contributed by atoms with van der Waals surface area (Å²) in [7, 11) is 0. The van der Waals surface area contributed by atoms with E-state index in [0.29, 0.717) is 0 Å². The van der Waals surface area contributed by atoms with Gasteiger partial charge in [0, 0.05) is 34.4 Å². The number of aryl methyl sites for hydroxylation is 1. The van der Waals surface area contributed by atoms with E-state index in [4.69, 9.17) is 0 Å². The van der Waals surface area contributed by atoms with Gasteiger partial charge >= 0.3 is 0 Å². The fraction of sp³-hybridized carbons (Fsp3) is 0.778. The molecule has 1 fully saturated rings. The lowest BCUT2D eigenvalue weighted by atomic mass is 10.1. The Morgan fingerprint density at radius 2 is 2.05 bits per heavy atom. The molecule has 0 aliphatic heterocycles. The molecule has 0 atom stereocenters. The maximum Gasteiger partial charge on any atom is 0.0304 e. The first-order chi connectivity index (χ1) is 9.89. The van der Waals surface area contributed by atoms with Crippen LogP contribution in [0.25, 0.3) is 0 Å². The zero-order valence-electron chi connectivity index (χ0n) is 14.5. The van der Waals surface area contributed by atoms with Crippen LogP contribution in [0, 0.1) is 6.92 Å². The van der Waals surface area contributed by atoms with Gasteiger partial charge in [0.1, 0.15) is 0 Å². The third-order valence-electron chi connectivity index (χ3n) is 4.10. The van der Waals surface area contributed by atoms with Gasteiger partial charge in [-0.25, -0.2) is 0 Å². The fourth-order valence-corrected chi connectivity index (χ4v) is 3.59. The highest BCUT2D eigenvalue weighted by Gasteiger charge is 2.28. The molecule has 21 heavy (non-hydrogen) atoms. The summed E-state index contributed by atoms with van der Waals surface area (Å²) in [6.07, 6.45) is 5.45. The van der Waals surface area contributed by atoms with E-state index in [-0.39, 0.29) is 5.54 Å². The molecule has 1 N–H and O–H groups in total. The number of unbranched alkanes of at least 4 members (excludes halogenated alkanes) is 1. The summed E-state index contributed by atoms with van der Waals surface area (Å²) in [6.45, 7) is 14.7. The highest BCUT2D eigenvalue weighted by Crippen LogP contribution is 2.31. The van der Waals surface area contributed by atoms with E-state index >= 15 is 0 Å². The van der Waals surface area contributed by atoms with E-state index in [0.717, 1.165) is 19.1 Å². The summed E-state index contributed by atoms with van der Waals surface area (Å²) in [5, 5.41) is 3.60. The first kappa shape index (κ1) is 17.0. The van der Waals surface area contributed by atoms with Crippen LogP contribution in [0.4, 0.5) is 0 Å².